The molecule has 1 unspecified atom stereocenters. The molecule has 3 aromatic rings. The van der Waals surface area contributed by atoms with E-state index in [-0.39, 0.29) is 5.56 Å². The smallest absolute Gasteiger partial charge is 0.263 e. The molecule has 2 aromatic carbocycles. The zero-order valence-electron chi connectivity index (χ0n) is 13.5. The molecule has 3 heteroatoms. The molecule has 1 aliphatic carbocycles. The van der Waals surface area contributed by atoms with Crippen molar-refractivity contribution >= 4 is 10.8 Å². The SMILES string of the molecule is O=c1c2ccccc2c2c3n1[N+]1(CCCCC1)C2c1ccccc1-3. The Kier molecular flexibility index (Phi) is 2.25. The third kappa shape index (κ3) is 1.25. The molecule has 6 rings (SSSR count). The Hall–Kier alpha value is -2.39. The van der Waals surface area contributed by atoms with Crippen LogP contribution in [0.25, 0.3) is 22.0 Å². The fourth-order valence-electron chi connectivity index (χ4n) is 5.52. The lowest BCUT2D eigenvalue weighted by molar-refractivity contribution is 0.0691. The van der Waals surface area contributed by atoms with Crippen LogP contribution in [0.4, 0.5) is 0 Å². The molecular formula is C21H19N2O+. The summed E-state index contributed by atoms with van der Waals surface area (Å²) in [7, 11) is 0. The molecule has 1 fully saturated rings. The number of pyridine rings is 1. The van der Waals surface area contributed by atoms with Crippen LogP contribution < -0.4 is 10.2 Å². The van der Waals surface area contributed by atoms with Gasteiger partial charge in [-0.15, -0.1) is 0 Å². The largest absolute Gasteiger partial charge is 0.304 e. The Labute approximate surface area is 140 Å². The second kappa shape index (κ2) is 4.17. The highest BCUT2D eigenvalue weighted by Gasteiger charge is 2.57. The normalized spacial score (nSPS) is 22.2. The molecule has 1 saturated heterocycles. The maximum Gasteiger partial charge on any atom is 0.304 e. The Morgan fingerprint density at radius 2 is 1.58 bits per heavy atom. The van der Waals surface area contributed by atoms with Gasteiger partial charge in [-0.25, -0.2) is 4.59 Å². The van der Waals surface area contributed by atoms with Crippen molar-refractivity contribution in [3.05, 3.63) is 70.0 Å². The number of piperidine rings is 1. The number of benzene rings is 2. The van der Waals surface area contributed by atoms with Crippen LogP contribution in [0.2, 0.25) is 0 Å². The van der Waals surface area contributed by atoms with E-state index >= 15 is 0 Å². The van der Waals surface area contributed by atoms with Gasteiger partial charge >= 0.3 is 5.56 Å². The molecule has 0 saturated carbocycles. The lowest BCUT2D eigenvalue weighted by Crippen LogP contribution is -2.64. The van der Waals surface area contributed by atoms with Crippen molar-refractivity contribution in [3.63, 3.8) is 0 Å². The van der Waals surface area contributed by atoms with Crippen molar-refractivity contribution in [3.8, 4) is 11.3 Å². The van der Waals surface area contributed by atoms with E-state index < -0.39 is 0 Å². The van der Waals surface area contributed by atoms with Crippen molar-refractivity contribution in [2.24, 2.45) is 0 Å². The van der Waals surface area contributed by atoms with E-state index in [2.05, 4.69) is 41.1 Å². The van der Waals surface area contributed by atoms with Gasteiger partial charge in [0, 0.05) is 11.1 Å². The highest BCUT2D eigenvalue weighted by molar-refractivity contribution is 5.96. The molecule has 4 bridgehead atoms. The van der Waals surface area contributed by atoms with Gasteiger partial charge in [-0.05, 0) is 30.7 Å². The standard InChI is InChI=1S/C21H19N2O/c24-21-17-11-5-2-8-14(17)18-19-15-9-3-4-10-16(15)20(18)23(22(19)21)12-6-1-7-13-23/h2-5,8-11,20H,1,6-7,12-13H2/q+1. The summed E-state index contributed by atoms with van der Waals surface area (Å²) in [5.41, 5.74) is 5.48. The molecule has 0 radical (unpaired) electrons. The molecule has 3 aliphatic rings. The van der Waals surface area contributed by atoms with E-state index in [4.69, 9.17) is 0 Å². The van der Waals surface area contributed by atoms with E-state index in [0.717, 1.165) is 28.5 Å². The molecule has 24 heavy (non-hydrogen) atoms. The Morgan fingerprint density at radius 1 is 0.875 bits per heavy atom. The summed E-state index contributed by atoms with van der Waals surface area (Å²) in [4.78, 5) is 13.4. The lowest BCUT2D eigenvalue weighted by atomic mass is 9.97. The van der Waals surface area contributed by atoms with Crippen molar-refractivity contribution in [1.82, 2.24) is 9.27 Å². The van der Waals surface area contributed by atoms with Crippen LogP contribution in [0.1, 0.15) is 36.4 Å². The second-order valence-electron chi connectivity index (χ2n) is 7.41. The molecule has 1 aromatic heterocycles. The topological polar surface area (TPSA) is 22.0 Å². The van der Waals surface area contributed by atoms with Crippen LogP contribution in [0.3, 0.4) is 0 Å². The first-order valence-electron chi connectivity index (χ1n) is 8.97. The predicted octanol–water partition coefficient (Wildman–Crippen LogP) is 3.71. The minimum Gasteiger partial charge on any atom is -0.263 e. The van der Waals surface area contributed by atoms with Crippen LogP contribution in [-0.2, 0) is 0 Å². The third-order valence-corrected chi connectivity index (χ3v) is 6.36. The summed E-state index contributed by atoms with van der Waals surface area (Å²) in [6.07, 6.45) is 3.70. The molecule has 0 N–H and O–H groups in total. The average Bonchev–Trinajstić information content (AvgIpc) is 3.09. The predicted molar refractivity (Wildman–Crippen MR) is 96.6 cm³/mol. The number of hydrogen-bond acceptors (Lipinski definition) is 1. The van der Waals surface area contributed by atoms with E-state index in [0.29, 0.717) is 6.04 Å². The summed E-state index contributed by atoms with van der Waals surface area (Å²) in [5, 5.41) is 2.05. The van der Waals surface area contributed by atoms with Crippen molar-refractivity contribution in [1.29, 1.82) is 0 Å². The first kappa shape index (κ1) is 13.0. The van der Waals surface area contributed by atoms with Crippen molar-refractivity contribution in [2.45, 2.75) is 25.3 Å². The van der Waals surface area contributed by atoms with Gasteiger partial charge in [-0.3, -0.25) is 4.79 Å². The number of quaternary nitrogens is 1. The zero-order valence-corrected chi connectivity index (χ0v) is 13.5. The summed E-state index contributed by atoms with van der Waals surface area (Å²) in [6.45, 7) is 2.15. The van der Waals surface area contributed by atoms with Gasteiger partial charge in [0.2, 0.25) is 0 Å². The molecule has 3 heterocycles. The van der Waals surface area contributed by atoms with Gasteiger partial charge < -0.3 is 0 Å². The molecule has 1 atom stereocenters. The maximum absolute atomic E-state index is 13.4. The fourth-order valence-corrected chi connectivity index (χ4v) is 5.52. The van der Waals surface area contributed by atoms with Crippen LogP contribution in [0.15, 0.2) is 53.3 Å². The third-order valence-electron chi connectivity index (χ3n) is 6.36. The maximum atomic E-state index is 13.4. The Balaban J connectivity index is 1.83. The molecule has 3 nitrogen and oxygen atoms in total. The quantitative estimate of drug-likeness (QED) is 0.580. The highest BCUT2D eigenvalue weighted by Crippen LogP contribution is 2.56. The van der Waals surface area contributed by atoms with E-state index in [1.807, 2.05) is 12.1 Å². The van der Waals surface area contributed by atoms with Crippen LogP contribution in [0, 0.1) is 0 Å². The van der Waals surface area contributed by atoms with E-state index in [9.17, 15) is 4.79 Å². The highest BCUT2D eigenvalue weighted by atomic mass is 16.1. The van der Waals surface area contributed by atoms with Crippen molar-refractivity contribution in [2.75, 3.05) is 13.1 Å². The summed E-state index contributed by atoms with van der Waals surface area (Å²) in [6, 6.07) is 17.2. The summed E-state index contributed by atoms with van der Waals surface area (Å²) < 4.78 is 2.97. The monoisotopic (exact) mass is 315 g/mol. The molecule has 1 spiro atoms. The minimum atomic E-state index is 0.197. The number of fused-ring (bicyclic) bond motifs is 5. The number of aromatic nitrogens is 1. The second-order valence-corrected chi connectivity index (χ2v) is 7.41. The Morgan fingerprint density at radius 3 is 2.42 bits per heavy atom. The first-order valence-corrected chi connectivity index (χ1v) is 8.97. The number of nitrogens with zero attached hydrogens (tertiary/aromatic N) is 2. The summed E-state index contributed by atoms with van der Waals surface area (Å²) in [5.74, 6) is 0. The van der Waals surface area contributed by atoms with Gasteiger partial charge in [0.15, 0.2) is 6.04 Å². The average molecular weight is 315 g/mol. The van der Waals surface area contributed by atoms with Gasteiger partial charge in [0.25, 0.3) is 0 Å². The van der Waals surface area contributed by atoms with E-state index in [1.165, 1.54) is 41.6 Å². The molecule has 2 aliphatic heterocycles. The fraction of sp³-hybridized carbons (Fsp3) is 0.286. The van der Waals surface area contributed by atoms with Gasteiger partial charge in [-0.1, -0.05) is 42.5 Å². The van der Waals surface area contributed by atoms with Crippen LogP contribution in [0.5, 0.6) is 0 Å². The lowest BCUT2D eigenvalue weighted by Gasteiger charge is -2.44. The molecule has 0 amide bonds. The van der Waals surface area contributed by atoms with Crippen LogP contribution in [-0.4, -0.2) is 17.8 Å². The first-order chi connectivity index (χ1) is 11.8. The zero-order chi connectivity index (χ0) is 15.9. The number of rotatable bonds is 0. The Bertz CT molecular complexity index is 1070. The minimum absolute atomic E-state index is 0.197. The van der Waals surface area contributed by atoms with Crippen LogP contribution >= 0.6 is 0 Å². The van der Waals surface area contributed by atoms with Gasteiger partial charge in [0.05, 0.1) is 10.9 Å². The molecule has 118 valence electrons. The molecular weight excluding hydrogens is 296 g/mol. The van der Waals surface area contributed by atoms with Gasteiger partial charge in [0.1, 0.15) is 18.8 Å². The van der Waals surface area contributed by atoms with Gasteiger partial charge in [-0.2, -0.15) is 4.68 Å². The van der Waals surface area contributed by atoms with E-state index in [1.54, 1.807) is 0 Å². The van der Waals surface area contributed by atoms with Crippen molar-refractivity contribution < 1.29 is 0 Å². The summed E-state index contributed by atoms with van der Waals surface area (Å²) >= 11 is 0. The number of hydrogen-bond donors (Lipinski definition) is 0.